The molecule has 6 heteroatoms. The van der Waals surface area contributed by atoms with E-state index in [0.717, 1.165) is 50.1 Å². The van der Waals surface area contributed by atoms with Crippen LogP contribution in [0, 0.1) is 5.82 Å². The van der Waals surface area contributed by atoms with Gasteiger partial charge in [0, 0.05) is 36.7 Å². The van der Waals surface area contributed by atoms with Crippen LogP contribution in [0.2, 0.25) is 0 Å². The standard InChI is InChI=1S/C18H21FN4O/c1-2-23-15(5-8-20-23)12-22-9-6-13(7-10-22)18-16-4-3-14(19)11-17(16)24-21-18/h3-5,8,11,13H,2,6-7,9-10,12H2,1H3. The van der Waals surface area contributed by atoms with Crippen molar-refractivity contribution < 1.29 is 8.91 Å². The molecule has 5 nitrogen and oxygen atoms in total. The molecule has 2 aromatic heterocycles. The Morgan fingerprint density at radius 1 is 1.25 bits per heavy atom. The van der Waals surface area contributed by atoms with Gasteiger partial charge in [0.05, 0.1) is 11.4 Å². The summed E-state index contributed by atoms with van der Waals surface area (Å²) < 4.78 is 20.6. The first kappa shape index (κ1) is 15.3. The summed E-state index contributed by atoms with van der Waals surface area (Å²) in [6, 6.07) is 6.76. The second-order valence-corrected chi connectivity index (χ2v) is 6.40. The van der Waals surface area contributed by atoms with Gasteiger partial charge in [-0.25, -0.2) is 4.39 Å². The third kappa shape index (κ3) is 2.82. The number of halogens is 1. The summed E-state index contributed by atoms with van der Waals surface area (Å²) in [6.07, 6.45) is 3.95. The van der Waals surface area contributed by atoms with E-state index in [0.29, 0.717) is 11.5 Å². The predicted octanol–water partition coefficient (Wildman–Crippen LogP) is 3.56. The van der Waals surface area contributed by atoms with Crippen molar-refractivity contribution >= 4 is 11.0 Å². The molecule has 0 amide bonds. The maximum atomic E-state index is 13.3. The zero-order valence-electron chi connectivity index (χ0n) is 13.8. The molecular formula is C18H21FN4O. The lowest BCUT2D eigenvalue weighted by Crippen LogP contribution is -2.33. The minimum Gasteiger partial charge on any atom is -0.356 e. The average molecular weight is 328 g/mol. The first-order chi connectivity index (χ1) is 11.7. The van der Waals surface area contributed by atoms with Crippen LogP contribution >= 0.6 is 0 Å². The van der Waals surface area contributed by atoms with Gasteiger partial charge in [0.1, 0.15) is 5.82 Å². The molecule has 0 radical (unpaired) electrons. The molecule has 1 aliphatic heterocycles. The SMILES string of the molecule is CCn1nccc1CN1CCC(c2noc3cc(F)ccc23)CC1. The molecule has 0 bridgehead atoms. The quantitative estimate of drug-likeness (QED) is 0.735. The molecule has 1 fully saturated rings. The van der Waals surface area contributed by atoms with Crippen LogP contribution in [0.15, 0.2) is 35.0 Å². The van der Waals surface area contributed by atoms with Gasteiger partial charge >= 0.3 is 0 Å². The third-order valence-electron chi connectivity index (χ3n) is 4.93. The van der Waals surface area contributed by atoms with E-state index in [2.05, 4.69) is 28.1 Å². The largest absolute Gasteiger partial charge is 0.356 e. The number of fused-ring (bicyclic) bond motifs is 1. The van der Waals surface area contributed by atoms with Crippen LogP contribution in [0.5, 0.6) is 0 Å². The van der Waals surface area contributed by atoms with Crippen LogP contribution in [-0.4, -0.2) is 32.9 Å². The van der Waals surface area contributed by atoms with E-state index in [1.165, 1.54) is 17.8 Å². The second-order valence-electron chi connectivity index (χ2n) is 6.40. The Hall–Kier alpha value is -2.21. The Bertz CT molecular complexity index is 833. The molecular weight excluding hydrogens is 307 g/mol. The van der Waals surface area contributed by atoms with Crippen molar-refractivity contribution in [3.8, 4) is 0 Å². The van der Waals surface area contributed by atoms with Gasteiger partial charge in [-0.3, -0.25) is 9.58 Å². The molecule has 3 heterocycles. The van der Waals surface area contributed by atoms with Crippen molar-refractivity contribution in [2.45, 2.75) is 38.8 Å². The number of hydrogen-bond donors (Lipinski definition) is 0. The number of rotatable bonds is 4. The lowest BCUT2D eigenvalue weighted by molar-refractivity contribution is 0.197. The number of likely N-dealkylation sites (tertiary alicyclic amines) is 1. The van der Waals surface area contributed by atoms with Gasteiger partial charge in [-0.1, -0.05) is 5.16 Å². The van der Waals surface area contributed by atoms with Crippen LogP contribution in [0.25, 0.3) is 11.0 Å². The fourth-order valence-electron chi connectivity index (χ4n) is 3.60. The van der Waals surface area contributed by atoms with Gasteiger partial charge < -0.3 is 4.52 Å². The van der Waals surface area contributed by atoms with Gasteiger partial charge in [-0.2, -0.15) is 5.10 Å². The zero-order chi connectivity index (χ0) is 16.5. The Kier molecular flexibility index (Phi) is 4.06. The summed E-state index contributed by atoms with van der Waals surface area (Å²) in [5, 5.41) is 9.49. The molecule has 0 unspecified atom stereocenters. The molecule has 0 N–H and O–H groups in total. The highest BCUT2D eigenvalue weighted by Crippen LogP contribution is 2.33. The number of aromatic nitrogens is 3. The lowest BCUT2D eigenvalue weighted by atomic mass is 9.91. The second kappa shape index (κ2) is 6.36. The molecule has 1 aromatic carbocycles. The van der Waals surface area contributed by atoms with Gasteiger partial charge in [-0.15, -0.1) is 0 Å². The fraction of sp³-hybridized carbons (Fsp3) is 0.444. The number of hydrogen-bond acceptors (Lipinski definition) is 4. The summed E-state index contributed by atoms with van der Waals surface area (Å²) in [4.78, 5) is 2.46. The van der Waals surface area contributed by atoms with Crippen molar-refractivity contribution in [1.82, 2.24) is 19.8 Å². The summed E-state index contributed by atoms with van der Waals surface area (Å²) in [5.74, 6) is 0.0941. The van der Waals surface area contributed by atoms with Crippen LogP contribution in [0.4, 0.5) is 4.39 Å². The smallest absolute Gasteiger partial charge is 0.170 e. The number of piperidine rings is 1. The first-order valence-corrected chi connectivity index (χ1v) is 8.52. The van der Waals surface area contributed by atoms with Crippen molar-refractivity contribution in [2.24, 2.45) is 0 Å². The van der Waals surface area contributed by atoms with Gasteiger partial charge in [0.2, 0.25) is 0 Å². The molecule has 24 heavy (non-hydrogen) atoms. The maximum absolute atomic E-state index is 13.3. The summed E-state index contributed by atoms with van der Waals surface area (Å²) in [5.41, 5.74) is 2.78. The van der Waals surface area contributed by atoms with Crippen LogP contribution < -0.4 is 0 Å². The summed E-state index contributed by atoms with van der Waals surface area (Å²) in [6.45, 7) is 6.00. The average Bonchev–Trinajstić information content (AvgIpc) is 3.21. The third-order valence-corrected chi connectivity index (χ3v) is 4.93. The molecule has 1 aliphatic rings. The molecule has 1 saturated heterocycles. The van der Waals surface area contributed by atoms with E-state index >= 15 is 0 Å². The van der Waals surface area contributed by atoms with E-state index in [-0.39, 0.29) is 5.82 Å². The van der Waals surface area contributed by atoms with Gasteiger partial charge in [-0.05, 0) is 51.1 Å². The first-order valence-electron chi connectivity index (χ1n) is 8.52. The van der Waals surface area contributed by atoms with Crippen LogP contribution in [-0.2, 0) is 13.1 Å². The van der Waals surface area contributed by atoms with E-state index in [4.69, 9.17) is 4.52 Å². The molecule has 0 aliphatic carbocycles. The van der Waals surface area contributed by atoms with E-state index in [1.54, 1.807) is 6.07 Å². The van der Waals surface area contributed by atoms with Crippen molar-refractivity contribution in [3.63, 3.8) is 0 Å². The Morgan fingerprint density at radius 2 is 2.08 bits per heavy atom. The Morgan fingerprint density at radius 3 is 2.88 bits per heavy atom. The maximum Gasteiger partial charge on any atom is 0.170 e. The van der Waals surface area contributed by atoms with E-state index in [9.17, 15) is 4.39 Å². The summed E-state index contributed by atoms with van der Waals surface area (Å²) in [7, 11) is 0. The van der Waals surface area contributed by atoms with E-state index in [1.807, 2.05) is 10.9 Å². The number of aryl methyl sites for hydroxylation is 1. The number of benzene rings is 1. The topological polar surface area (TPSA) is 47.1 Å². The molecule has 0 spiro atoms. The van der Waals surface area contributed by atoms with E-state index < -0.39 is 0 Å². The highest BCUT2D eigenvalue weighted by molar-refractivity contribution is 5.79. The Balaban J connectivity index is 1.44. The molecule has 0 saturated carbocycles. The minimum absolute atomic E-state index is 0.285. The van der Waals surface area contributed by atoms with Crippen molar-refractivity contribution in [2.75, 3.05) is 13.1 Å². The normalized spacial score (nSPS) is 16.9. The lowest BCUT2D eigenvalue weighted by Gasteiger charge is -2.31. The highest BCUT2D eigenvalue weighted by atomic mass is 19.1. The number of nitrogens with zero attached hydrogens (tertiary/aromatic N) is 4. The highest BCUT2D eigenvalue weighted by Gasteiger charge is 2.25. The van der Waals surface area contributed by atoms with Crippen molar-refractivity contribution in [1.29, 1.82) is 0 Å². The molecule has 0 atom stereocenters. The predicted molar refractivity (Wildman–Crippen MR) is 89.1 cm³/mol. The molecule has 4 rings (SSSR count). The van der Waals surface area contributed by atoms with Gasteiger partial charge in [0.15, 0.2) is 5.58 Å². The minimum atomic E-state index is -0.285. The van der Waals surface area contributed by atoms with Crippen molar-refractivity contribution in [3.05, 3.63) is 47.7 Å². The molecule has 126 valence electrons. The zero-order valence-corrected chi connectivity index (χ0v) is 13.8. The Labute approximate surface area is 140 Å². The fourth-order valence-corrected chi connectivity index (χ4v) is 3.60. The summed E-state index contributed by atoms with van der Waals surface area (Å²) >= 11 is 0. The van der Waals surface area contributed by atoms with Gasteiger partial charge in [0.25, 0.3) is 0 Å². The van der Waals surface area contributed by atoms with Crippen LogP contribution in [0.3, 0.4) is 0 Å². The monoisotopic (exact) mass is 328 g/mol. The molecule has 3 aromatic rings. The van der Waals surface area contributed by atoms with Crippen LogP contribution in [0.1, 0.15) is 37.1 Å².